The van der Waals surface area contributed by atoms with Crippen molar-refractivity contribution < 1.29 is 4.92 Å². The summed E-state index contributed by atoms with van der Waals surface area (Å²) in [5.74, 6) is 0. The minimum Gasteiger partial charge on any atom is -0.258 e. The summed E-state index contributed by atoms with van der Waals surface area (Å²) < 4.78 is 0.774. The summed E-state index contributed by atoms with van der Waals surface area (Å²) in [6.07, 6.45) is 0. The van der Waals surface area contributed by atoms with Crippen molar-refractivity contribution in [2.24, 2.45) is 0 Å². The van der Waals surface area contributed by atoms with Crippen molar-refractivity contribution in [3.8, 4) is 0 Å². The van der Waals surface area contributed by atoms with E-state index in [1.165, 1.54) is 6.07 Å². The van der Waals surface area contributed by atoms with Crippen LogP contribution in [0.5, 0.6) is 0 Å². The Hall–Kier alpha value is -0.420. The van der Waals surface area contributed by atoms with Gasteiger partial charge in [-0.1, -0.05) is 31.9 Å². The van der Waals surface area contributed by atoms with Crippen LogP contribution in [0.4, 0.5) is 5.69 Å². The highest BCUT2D eigenvalue weighted by atomic mass is 79.9. The van der Waals surface area contributed by atoms with E-state index in [1.54, 1.807) is 6.07 Å². The van der Waals surface area contributed by atoms with Gasteiger partial charge in [0.2, 0.25) is 0 Å². The number of hydrogen-bond donors (Lipinski definition) is 0. The summed E-state index contributed by atoms with van der Waals surface area (Å²) in [5.41, 5.74) is 2.08. The zero-order valence-corrected chi connectivity index (χ0v) is 10.1. The molecule has 1 rings (SSSR count). The fraction of sp³-hybridized carbons (Fsp3) is 0.250. The van der Waals surface area contributed by atoms with E-state index in [0.29, 0.717) is 5.33 Å². The number of nitro benzene ring substituents is 1. The first-order valence-corrected chi connectivity index (χ1v) is 5.47. The normalized spacial score (nSPS) is 10.1. The lowest BCUT2D eigenvalue weighted by Gasteiger charge is -2.03. The molecule has 0 saturated heterocycles. The number of benzene rings is 1. The van der Waals surface area contributed by atoms with Gasteiger partial charge in [-0.05, 0) is 18.1 Å². The van der Waals surface area contributed by atoms with Gasteiger partial charge in [0, 0.05) is 21.9 Å². The molecule has 0 spiro atoms. The first kappa shape index (κ1) is 10.7. The first-order chi connectivity index (χ1) is 6.06. The van der Waals surface area contributed by atoms with Crippen molar-refractivity contribution in [2.75, 3.05) is 0 Å². The molecule has 0 saturated carbocycles. The molecule has 3 nitrogen and oxygen atoms in total. The highest BCUT2D eigenvalue weighted by Crippen LogP contribution is 2.27. The first-order valence-electron chi connectivity index (χ1n) is 3.55. The third kappa shape index (κ3) is 2.28. The molecule has 0 radical (unpaired) electrons. The van der Waals surface area contributed by atoms with E-state index in [0.717, 1.165) is 15.6 Å². The van der Waals surface area contributed by atoms with Gasteiger partial charge in [-0.3, -0.25) is 10.1 Å². The second-order valence-corrected chi connectivity index (χ2v) is 4.02. The maximum atomic E-state index is 10.5. The van der Waals surface area contributed by atoms with Gasteiger partial charge in [0.1, 0.15) is 0 Å². The maximum absolute atomic E-state index is 10.5. The average Bonchev–Trinajstić information content (AvgIpc) is 2.09. The highest BCUT2D eigenvalue weighted by molar-refractivity contribution is 9.10. The number of non-ortho nitro benzene ring substituents is 1. The van der Waals surface area contributed by atoms with Crippen molar-refractivity contribution in [2.45, 2.75) is 12.3 Å². The Bertz CT molecular complexity index is 352. The van der Waals surface area contributed by atoms with Gasteiger partial charge in [0.15, 0.2) is 0 Å². The molecule has 13 heavy (non-hydrogen) atoms. The van der Waals surface area contributed by atoms with Crippen LogP contribution in [0.25, 0.3) is 0 Å². The quantitative estimate of drug-likeness (QED) is 0.476. The van der Waals surface area contributed by atoms with E-state index in [1.807, 2.05) is 6.92 Å². The summed E-state index contributed by atoms with van der Waals surface area (Å²) in [5, 5.41) is 11.1. The van der Waals surface area contributed by atoms with Crippen LogP contribution in [0.2, 0.25) is 0 Å². The molecule has 1 aromatic rings. The molecule has 5 heteroatoms. The standard InChI is InChI=1S/C8H7Br2NO2/c1-5-6(4-9)2-7(11(12)13)3-8(5)10/h2-3H,4H2,1H3. The van der Waals surface area contributed by atoms with Crippen LogP contribution in [-0.2, 0) is 5.33 Å². The molecule has 0 aromatic heterocycles. The zero-order chi connectivity index (χ0) is 10.0. The number of hydrogen-bond acceptors (Lipinski definition) is 2. The van der Waals surface area contributed by atoms with Crippen LogP contribution < -0.4 is 0 Å². The van der Waals surface area contributed by atoms with Crippen molar-refractivity contribution in [1.82, 2.24) is 0 Å². The highest BCUT2D eigenvalue weighted by Gasteiger charge is 2.11. The lowest BCUT2D eigenvalue weighted by molar-refractivity contribution is -0.385. The number of nitro groups is 1. The molecule has 0 heterocycles. The van der Waals surface area contributed by atoms with Gasteiger partial charge >= 0.3 is 0 Å². The van der Waals surface area contributed by atoms with E-state index in [2.05, 4.69) is 31.9 Å². The van der Waals surface area contributed by atoms with Crippen molar-refractivity contribution >= 4 is 37.5 Å². The van der Waals surface area contributed by atoms with Crippen LogP contribution in [0, 0.1) is 17.0 Å². The lowest BCUT2D eigenvalue weighted by atomic mass is 10.1. The van der Waals surface area contributed by atoms with E-state index in [4.69, 9.17) is 0 Å². The summed E-state index contributed by atoms with van der Waals surface area (Å²) >= 11 is 6.56. The molecule has 70 valence electrons. The SMILES string of the molecule is Cc1c(Br)cc([N+](=O)[O-])cc1CBr. The van der Waals surface area contributed by atoms with E-state index in [9.17, 15) is 10.1 Å². The Morgan fingerprint density at radius 3 is 2.62 bits per heavy atom. The largest absolute Gasteiger partial charge is 0.270 e. The topological polar surface area (TPSA) is 43.1 Å². The summed E-state index contributed by atoms with van der Waals surface area (Å²) in [7, 11) is 0. The molecule has 0 bridgehead atoms. The van der Waals surface area contributed by atoms with E-state index in [-0.39, 0.29) is 5.69 Å². The Labute approximate surface area is 92.5 Å². The number of halogens is 2. The Morgan fingerprint density at radius 1 is 1.54 bits per heavy atom. The number of alkyl halides is 1. The van der Waals surface area contributed by atoms with Crippen molar-refractivity contribution in [1.29, 1.82) is 0 Å². The van der Waals surface area contributed by atoms with Crippen molar-refractivity contribution in [3.63, 3.8) is 0 Å². The van der Waals surface area contributed by atoms with Gasteiger partial charge in [-0.15, -0.1) is 0 Å². The minimum atomic E-state index is -0.393. The molecular formula is C8H7Br2NO2. The van der Waals surface area contributed by atoms with Gasteiger partial charge < -0.3 is 0 Å². The van der Waals surface area contributed by atoms with Crippen LogP contribution in [0.15, 0.2) is 16.6 Å². The summed E-state index contributed by atoms with van der Waals surface area (Å²) in [6.45, 7) is 1.92. The third-order valence-electron chi connectivity index (χ3n) is 1.79. The fourth-order valence-electron chi connectivity index (χ4n) is 0.964. The zero-order valence-electron chi connectivity index (χ0n) is 6.88. The predicted molar refractivity (Wildman–Crippen MR) is 58.2 cm³/mol. The lowest BCUT2D eigenvalue weighted by Crippen LogP contribution is -1.93. The monoisotopic (exact) mass is 307 g/mol. The Kier molecular flexibility index (Phi) is 3.44. The van der Waals surface area contributed by atoms with Gasteiger partial charge in [-0.2, -0.15) is 0 Å². The number of rotatable bonds is 2. The molecule has 0 amide bonds. The predicted octanol–water partition coefficient (Wildman–Crippen LogP) is 3.56. The second-order valence-electron chi connectivity index (χ2n) is 2.60. The molecule has 0 aliphatic heterocycles. The minimum absolute atomic E-state index is 0.118. The van der Waals surface area contributed by atoms with Crippen LogP contribution in [-0.4, -0.2) is 4.92 Å². The Balaban J connectivity index is 3.30. The van der Waals surface area contributed by atoms with Gasteiger partial charge in [-0.25, -0.2) is 0 Å². The van der Waals surface area contributed by atoms with Gasteiger partial charge in [0.25, 0.3) is 5.69 Å². The van der Waals surface area contributed by atoms with E-state index >= 15 is 0 Å². The molecule has 0 N–H and O–H groups in total. The van der Waals surface area contributed by atoms with Crippen LogP contribution in [0.1, 0.15) is 11.1 Å². The fourth-order valence-corrected chi connectivity index (χ4v) is 2.04. The van der Waals surface area contributed by atoms with E-state index < -0.39 is 4.92 Å². The maximum Gasteiger partial charge on any atom is 0.270 e. The summed E-state index contributed by atoms with van der Waals surface area (Å²) in [4.78, 5) is 10.1. The molecule has 0 aliphatic rings. The molecule has 0 unspecified atom stereocenters. The molecule has 0 atom stereocenters. The van der Waals surface area contributed by atoms with Crippen LogP contribution in [0.3, 0.4) is 0 Å². The molecular weight excluding hydrogens is 302 g/mol. The number of nitrogens with zero attached hydrogens (tertiary/aromatic N) is 1. The Morgan fingerprint density at radius 2 is 2.15 bits per heavy atom. The average molecular weight is 309 g/mol. The third-order valence-corrected chi connectivity index (χ3v) is 3.22. The molecule has 0 fully saturated rings. The van der Waals surface area contributed by atoms with Gasteiger partial charge in [0.05, 0.1) is 4.92 Å². The van der Waals surface area contributed by atoms with Crippen molar-refractivity contribution in [3.05, 3.63) is 37.8 Å². The molecule has 1 aromatic carbocycles. The second kappa shape index (κ2) is 4.19. The smallest absolute Gasteiger partial charge is 0.258 e. The summed E-state index contributed by atoms with van der Waals surface area (Å²) in [6, 6.07) is 3.09. The van der Waals surface area contributed by atoms with Crippen LogP contribution >= 0.6 is 31.9 Å². The molecule has 0 aliphatic carbocycles.